The third-order valence-corrected chi connectivity index (χ3v) is 6.88. The van der Waals surface area contributed by atoms with Crippen molar-refractivity contribution in [3.63, 3.8) is 0 Å². The van der Waals surface area contributed by atoms with Gasteiger partial charge in [0.05, 0.1) is 10.6 Å². The van der Waals surface area contributed by atoms with Gasteiger partial charge in [0.2, 0.25) is 0 Å². The second kappa shape index (κ2) is 6.01. The Hall–Kier alpha value is -1.56. The molecule has 25 heavy (non-hydrogen) atoms. The summed E-state index contributed by atoms with van der Waals surface area (Å²) in [7, 11) is -3.23. The number of nitrogens with zero attached hydrogens (tertiary/aromatic N) is 1. The molecule has 1 aromatic rings. The van der Waals surface area contributed by atoms with Crippen molar-refractivity contribution in [1.82, 2.24) is 4.90 Å². The molecule has 2 fully saturated rings. The highest BCUT2D eigenvalue weighted by Gasteiger charge is 2.54. The molecule has 1 saturated heterocycles. The van der Waals surface area contributed by atoms with Gasteiger partial charge in [-0.15, -0.1) is 0 Å². The first-order valence-electron chi connectivity index (χ1n) is 8.75. The number of hydrogen-bond acceptors (Lipinski definition) is 4. The van der Waals surface area contributed by atoms with E-state index >= 15 is 0 Å². The Bertz CT molecular complexity index is 748. The van der Waals surface area contributed by atoms with E-state index in [2.05, 4.69) is 0 Å². The number of aryl methyl sites for hydroxylation is 1. The maximum Gasteiger partial charge on any atom is 0.410 e. The number of carbonyl (C=O) groups is 1. The minimum Gasteiger partial charge on any atom is -0.444 e. The summed E-state index contributed by atoms with van der Waals surface area (Å²) in [6, 6.07) is 7.04. The van der Waals surface area contributed by atoms with Crippen LogP contribution in [-0.4, -0.2) is 43.9 Å². The molecule has 0 radical (unpaired) electrons. The zero-order valence-corrected chi connectivity index (χ0v) is 16.2. The van der Waals surface area contributed by atoms with Crippen molar-refractivity contribution in [1.29, 1.82) is 0 Å². The number of hydrogen-bond donors (Lipinski definition) is 0. The third kappa shape index (κ3) is 4.00. The van der Waals surface area contributed by atoms with Gasteiger partial charge in [-0.05, 0) is 58.6 Å². The van der Waals surface area contributed by atoms with Crippen molar-refractivity contribution in [2.75, 3.05) is 18.8 Å². The molecule has 6 heteroatoms. The van der Waals surface area contributed by atoms with Crippen molar-refractivity contribution in [2.45, 2.75) is 51.0 Å². The molecule has 1 aliphatic heterocycles. The maximum absolute atomic E-state index is 12.5. The summed E-state index contributed by atoms with van der Waals surface area (Å²) >= 11 is 0. The molecular weight excluding hydrogens is 338 g/mol. The number of benzene rings is 1. The molecule has 0 bridgehead atoms. The first-order valence-corrected chi connectivity index (χ1v) is 10.4. The molecule has 0 unspecified atom stereocenters. The molecule has 2 aliphatic rings. The average molecular weight is 365 g/mol. The Morgan fingerprint density at radius 2 is 1.76 bits per heavy atom. The lowest BCUT2D eigenvalue weighted by Crippen LogP contribution is -2.64. The molecule has 1 aliphatic carbocycles. The molecule has 0 aromatic heterocycles. The molecule has 1 amide bonds. The number of sulfone groups is 1. The standard InChI is InChI=1S/C19H27NO4S/c1-14-5-7-16(8-6-14)25(22,23)11-15-9-19(10-15)12-20(13-19)17(21)24-18(2,3)4/h5-8,15H,9-13H2,1-4H3. The van der Waals surface area contributed by atoms with Crippen molar-refractivity contribution in [3.05, 3.63) is 29.8 Å². The minimum absolute atomic E-state index is 0.115. The fourth-order valence-corrected chi connectivity index (χ4v) is 5.51. The molecule has 1 aromatic carbocycles. The summed E-state index contributed by atoms with van der Waals surface area (Å²) in [5.41, 5.74) is 0.687. The molecule has 0 atom stereocenters. The highest BCUT2D eigenvalue weighted by atomic mass is 32.2. The van der Waals surface area contributed by atoms with Crippen LogP contribution in [-0.2, 0) is 14.6 Å². The number of ether oxygens (including phenoxy) is 1. The first-order chi connectivity index (χ1) is 11.5. The van der Waals surface area contributed by atoms with Gasteiger partial charge < -0.3 is 9.64 Å². The van der Waals surface area contributed by atoms with Gasteiger partial charge in [-0.3, -0.25) is 0 Å². The largest absolute Gasteiger partial charge is 0.444 e. The van der Waals surface area contributed by atoms with E-state index in [0.717, 1.165) is 18.4 Å². The predicted octanol–water partition coefficient (Wildman–Crippen LogP) is 3.42. The summed E-state index contributed by atoms with van der Waals surface area (Å²) in [6.07, 6.45) is 1.48. The van der Waals surface area contributed by atoms with Gasteiger partial charge in [0.1, 0.15) is 5.60 Å². The van der Waals surface area contributed by atoms with Crippen LogP contribution >= 0.6 is 0 Å². The van der Waals surface area contributed by atoms with E-state index in [-0.39, 0.29) is 23.2 Å². The van der Waals surface area contributed by atoms with E-state index < -0.39 is 15.4 Å². The lowest BCUT2D eigenvalue weighted by atomic mass is 9.58. The van der Waals surface area contributed by atoms with Gasteiger partial charge in [0, 0.05) is 18.5 Å². The van der Waals surface area contributed by atoms with Crippen LogP contribution < -0.4 is 0 Å². The summed E-state index contributed by atoms with van der Waals surface area (Å²) in [4.78, 5) is 14.1. The monoisotopic (exact) mass is 365 g/mol. The molecule has 0 N–H and O–H groups in total. The number of likely N-dealkylation sites (tertiary alicyclic amines) is 1. The molecule has 1 saturated carbocycles. The first kappa shape index (κ1) is 18.2. The lowest BCUT2D eigenvalue weighted by molar-refractivity contribution is -0.0902. The van der Waals surface area contributed by atoms with E-state index in [1.54, 1.807) is 17.0 Å². The van der Waals surface area contributed by atoms with E-state index in [9.17, 15) is 13.2 Å². The van der Waals surface area contributed by atoms with Crippen LogP contribution in [0.1, 0.15) is 39.2 Å². The summed E-state index contributed by atoms with van der Waals surface area (Å²) in [5, 5.41) is 0. The Morgan fingerprint density at radius 3 is 2.28 bits per heavy atom. The van der Waals surface area contributed by atoms with Gasteiger partial charge in [-0.1, -0.05) is 17.7 Å². The average Bonchev–Trinajstić information content (AvgIpc) is 2.38. The fourth-order valence-electron chi connectivity index (χ4n) is 3.91. The number of carbonyl (C=O) groups excluding carboxylic acids is 1. The summed E-state index contributed by atoms with van der Waals surface area (Å²) in [6.45, 7) is 8.88. The Morgan fingerprint density at radius 1 is 1.20 bits per heavy atom. The Labute approximate surface area is 150 Å². The van der Waals surface area contributed by atoms with Crippen LogP contribution in [0.5, 0.6) is 0 Å². The summed E-state index contributed by atoms with van der Waals surface area (Å²) < 4.78 is 30.4. The van der Waals surface area contributed by atoms with Crippen LogP contribution in [0.3, 0.4) is 0 Å². The number of rotatable bonds is 3. The number of amides is 1. The second-order valence-corrected chi connectivity index (χ2v) is 10.7. The van der Waals surface area contributed by atoms with Crippen molar-refractivity contribution in [2.24, 2.45) is 11.3 Å². The van der Waals surface area contributed by atoms with Crippen LogP contribution in [0, 0.1) is 18.3 Å². The summed E-state index contributed by atoms with van der Waals surface area (Å²) in [5.74, 6) is 0.386. The maximum atomic E-state index is 12.5. The smallest absolute Gasteiger partial charge is 0.410 e. The van der Waals surface area contributed by atoms with Crippen molar-refractivity contribution in [3.8, 4) is 0 Å². The van der Waals surface area contributed by atoms with Gasteiger partial charge in [0.15, 0.2) is 9.84 Å². The van der Waals surface area contributed by atoms with Crippen molar-refractivity contribution < 1.29 is 17.9 Å². The molecule has 1 spiro atoms. The molecule has 138 valence electrons. The van der Waals surface area contributed by atoms with E-state index in [1.807, 2.05) is 39.8 Å². The zero-order valence-electron chi connectivity index (χ0n) is 15.4. The van der Waals surface area contributed by atoms with Crippen LogP contribution in [0.4, 0.5) is 4.79 Å². The van der Waals surface area contributed by atoms with E-state index in [1.165, 1.54) is 0 Å². The molecule has 3 rings (SSSR count). The molecule has 1 heterocycles. The van der Waals surface area contributed by atoms with E-state index in [0.29, 0.717) is 18.0 Å². The zero-order chi connectivity index (χ0) is 18.5. The fraction of sp³-hybridized carbons (Fsp3) is 0.632. The topological polar surface area (TPSA) is 63.7 Å². The highest BCUT2D eigenvalue weighted by molar-refractivity contribution is 7.91. The predicted molar refractivity (Wildman–Crippen MR) is 96.2 cm³/mol. The van der Waals surface area contributed by atoms with Gasteiger partial charge in [-0.25, -0.2) is 13.2 Å². The molecular formula is C19H27NO4S. The third-order valence-electron chi connectivity index (χ3n) is 4.98. The highest BCUT2D eigenvalue weighted by Crippen LogP contribution is 2.52. The van der Waals surface area contributed by atoms with Crippen LogP contribution in [0.25, 0.3) is 0 Å². The van der Waals surface area contributed by atoms with Crippen molar-refractivity contribution >= 4 is 15.9 Å². The van der Waals surface area contributed by atoms with Crippen LogP contribution in [0.15, 0.2) is 29.2 Å². The van der Waals surface area contributed by atoms with Gasteiger partial charge >= 0.3 is 6.09 Å². The van der Waals surface area contributed by atoms with Gasteiger partial charge in [-0.2, -0.15) is 0 Å². The Balaban J connectivity index is 1.49. The van der Waals surface area contributed by atoms with E-state index in [4.69, 9.17) is 4.74 Å². The Kier molecular flexibility index (Phi) is 4.38. The van der Waals surface area contributed by atoms with Crippen LogP contribution in [0.2, 0.25) is 0 Å². The normalized spacial score (nSPS) is 20.1. The minimum atomic E-state index is -3.23. The molecule has 5 nitrogen and oxygen atoms in total. The SMILES string of the molecule is Cc1ccc(S(=O)(=O)CC2CC3(C2)CN(C(=O)OC(C)(C)C)C3)cc1. The quantitative estimate of drug-likeness (QED) is 0.823. The van der Waals surface area contributed by atoms with Gasteiger partial charge in [0.25, 0.3) is 0 Å². The lowest BCUT2D eigenvalue weighted by Gasteiger charge is -2.58. The second-order valence-electron chi connectivity index (χ2n) is 8.71.